The molecule has 3 rings (SSSR count). The lowest BCUT2D eigenvalue weighted by molar-refractivity contribution is 0.0350. The molecule has 29 heavy (non-hydrogen) atoms. The molecule has 0 spiro atoms. The zero-order valence-electron chi connectivity index (χ0n) is 18.4. The lowest BCUT2D eigenvalue weighted by Gasteiger charge is -2.42. The van der Waals surface area contributed by atoms with E-state index < -0.39 is 12.8 Å². The molecule has 0 N–H and O–H groups in total. The van der Waals surface area contributed by atoms with Crippen LogP contribution in [0.3, 0.4) is 0 Å². The van der Waals surface area contributed by atoms with Crippen LogP contribution >= 0.6 is 7.60 Å². The van der Waals surface area contributed by atoms with Crippen molar-refractivity contribution in [3.8, 4) is 5.75 Å². The van der Waals surface area contributed by atoms with Crippen LogP contribution in [0.4, 0.5) is 0 Å². The summed E-state index contributed by atoms with van der Waals surface area (Å²) in [6.45, 7) is 10.7. The van der Waals surface area contributed by atoms with Gasteiger partial charge in [0.05, 0.1) is 6.10 Å². The number of rotatable bonds is 7. The van der Waals surface area contributed by atoms with Crippen molar-refractivity contribution in [2.75, 3.05) is 0 Å². The Labute approximate surface area is 176 Å². The van der Waals surface area contributed by atoms with E-state index >= 15 is 0 Å². The molecule has 0 radical (unpaired) electrons. The molecule has 0 amide bonds. The van der Waals surface area contributed by atoms with Gasteiger partial charge in [-0.3, -0.25) is 4.52 Å². The molecule has 1 aliphatic carbocycles. The van der Waals surface area contributed by atoms with Crippen LogP contribution in [0.25, 0.3) is 0 Å². The Morgan fingerprint density at radius 3 is 2.14 bits per heavy atom. The van der Waals surface area contributed by atoms with Gasteiger partial charge in [0.1, 0.15) is 10.9 Å². The Morgan fingerprint density at radius 2 is 1.55 bits per heavy atom. The topological polar surface area (TPSA) is 35.5 Å². The Kier molecular flexibility index (Phi) is 6.91. The molecule has 4 atom stereocenters. The summed E-state index contributed by atoms with van der Waals surface area (Å²) in [6, 6.07) is 19.4. The maximum Gasteiger partial charge on any atom is 0.389 e. The maximum atomic E-state index is 14.5. The summed E-state index contributed by atoms with van der Waals surface area (Å²) in [5.41, 5.74) is 0.962. The first-order valence-electron chi connectivity index (χ1n) is 10.8. The minimum absolute atomic E-state index is 0.0590. The molecule has 0 unspecified atom stereocenters. The molecular formula is C25H35O3P. The fraction of sp³-hybridized carbons (Fsp3) is 0.520. The van der Waals surface area contributed by atoms with Crippen molar-refractivity contribution in [3.63, 3.8) is 0 Å². The largest absolute Gasteiger partial charge is 0.424 e. The molecule has 158 valence electrons. The van der Waals surface area contributed by atoms with Crippen LogP contribution in [0.1, 0.15) is 59.4 Å². The Morgan fingerprint density at radius 1 is 0.966 bits per heavy atom. The SMILES string of the molecule is CC(C)[C@@H]1CC[C@@H](C)C[C@H]1O[P@@](=O)(Oc1ccccc1)C(C)(C)c1ccccc1. The first kappa shape index (κ1) is 22.1. The van der Waals surface area contributed by atoms with Crippen molar-refractivity contribution in [2.45, 2.75) is 65.1 Å². The zero-order chi connectivity index (χ0) is 21.1. The van der Waals surface area contributed by atoms with Gasteiger partial charge in [-0.15, -0.1) is 0 Å². The van der Waals surface area contributed by atoms with Crippen LogP contribution in [-0.2, 0) is 14.2 Å². The van der Waals surface area contributed by atoms with E-state index in [0.717, 1.165) is 18.4 Å². The predicted molar refractivity (Wildman–Crippen MR) is 120 cm³/mol. The van der Waals surface area contributed by atoms with E-state index in [1.54, 1.807) is 0 Å². The van der Waals surface area contributed by atoms with E-state index in [9.17, 15) is 4.57 Å². The standard InChI is InChI=1S/C25H35O3P/c1-19(2)23-17-16-20(3)18-24(23)28-29(26,27-22-14-10-7-11-15-22)25(4,5)21-12-8-6-9-13-21/h6-15,19-20,23-24H,16-18H2,1-5H3/t20-,23+,24-,29+/m1/s1. The van der Waals surface area contributed by atoms with Gasteiger partial charge in [-0.1, -0.05) is 75.7 Å². The first-order valence-corrected chi connectivity index (χ1v) is 12.4. The highest BCUT2D eigenvalue weighted by Gasteiger charge is 2.49. The van der Waals surface area contributed by atoms with E-state index in [-0.39, 0.29) is 6.10 Å². The Hall–Kier alpha value is -1.57. The van der Waals surface area contributed by atoms with Crippen LogP contribution in [0.2, 0.25) is 0 Å². The van der Waals surface area contributed by atoms with Crippen molar-refractivity contribution in [2.24, 2.45) is 17.8 Å². The minimum atomic E-state index is -3.54. The summed E-state index contributed by atoms with van der Waals surface area (Å²) in [5, 5.41) is -0.772. The van der Waals surface area contributed by atoms with E-state index in [1.165, 1.54) is 6.42 Å². The predicted octanol–water partition coefficient (Wildman–Crippen LogP) is 7.67. The quantitative estimate of drug-likeness (QED) is 0.436. The fourth-order valence-corrected chi connectivity index (χ4v) is 6.30. The lowest BCUT2D eigenvalue weighted by Crippen LogP contribution is -2.36. The molecule has 4 heteroatoms. The summed E-state index contributed by atoms with van der Waals surface area (Å²) >= 11 is 0. The molecule has 3 nitrogen and oxygen atoms in total. The van der Waals surface area contributed by atoms with Gasteiger partial charge in [0, 0.05) is 0 Å². The highest BCUT2D eigenvalue weighted by molar-refractivity contribution is 7.55. The summed E-state index contributed by atoms with van der Waals surface area (Å²) in [6.07, 6.45) is 3.18. The van der Waals surface area contributed by atoms with Gasteiger partial charge in [-0.2, -0.15) is 0 Å². The maximum absolute atomic E-state index is 14.5. The van der Waals surface area contributed by atoms with Gasteiger partial charge in [-0.05, 0) is 62.1 Å². The Balaban J connectivity index is 1.99. The normalized spacial score (nSPS) is 24.8. The second-order valence-corrected chi connectivity index (χ2v) is 11.8. The average molecular weight is 415 g/mol. The summed E-state index contributed by atoms with van der Waals surface area (Å²) < 4.78 is 27.3. The van der Waals surface area contributed by atoms with E-state index in [0.29, 0.717) is 23.5 Å². The van der Waals surface area contributed by atoms with Crippen molar-refractivity contribution in [1.82, 2.24) is 0 Å². The summed E-state index contributed by atoms with van der Waals surface area (Å²) in [4.78, 5) is 0. The second kappa shape index (κ2) is 9.06. The molecule has 2 aromatic rings. The number of benzene rings is 2. The number of para-hydroxylation sites is 1. The first-order chi connectivity index (χ1) is 13.7. The minimum Gasteiger partial charge on any atom is -0.424 e. The van der Waals surface area contributed by atoms with Crippen LogP contribution in [0.5, 0.6) is 5.75 Å². The van der Waals surface area contributed by atoms with E-state index in [1.807, 2.05) is 74.5 Å². The van der Waals surface area contributed by atoms with Crippen molar-refractivity contribution >= 4 is 7.60 Å². The molecular weight excluding hydrogens is 379 g/mol. The molecule has 1 saturated carbocycles. The van der Waals surface area contributed by atoms with Gasteiger partial charge in [-0.25, -0.2) is 4.57 Å². The van der Waals surface area contributed by atoms with Crippen LogP contribution in [0.15, 0.2) is 60.7 Å². The molecule has 0 bridgehead atoms. The molecule has 0 aliphatic heterocycles. The van der Waals surface area contributed by atoms with Crippen LogP contribution < -0.4 is 4.52 Å². The third-order valence-electron chi connectivity index (χ3n) is 6.37. The van der Waals surface area contributed by atoms with Gasteiger partial charge < -0.3 is 4.52 Å². The highest BCUT2D eigenvalue weighted by atomic mass is 31.2. The molecule has 0 heterocycles. The van der Waals surface area contributed by atoms with Crippen molar-refractivity contribution in [1.29, 1.82) is 0 Å². The molecule has 1 fully saturated rings. The number of hydrogen-bond acceptors (Lipinski definition) is 3. The summed E-state index contributed by atoms with van der Waals surface area (Å²) in [5.74, 6) is 2.03. The van der Waals surface area contributed by atoms with E-state index in [2.05, 4.69) is 20.8 Å². The highest BCUT2D eigenvalue weighted by Crippen LogP contribution is 2.66. The average Bonchev–Trinajstić information content (AvgIpc) is 2.69. The van der Waals surface area contributed by atoms with Crippen LogP contribution in [-0.4, -0.2) is 6.10 Å². The van der Waals surface area contributed by atoms with Gasteiger partial charge in [0.15, 0.2) is 0 Å². The van der Waals surface area contributed by atoms with Gasteiger partial charge in [0.2, 0.25) is 0 Å². The Bertz CT molecular complexity index is 816. The smallest absolute Gasteiger partial charge is 0.389 e. The number of hydrogen-bond donors (Lipinski definition) is 0. The third-order valence-corrected chi connectivity index (χ3v) is 9.00. The van der Waals surface area contributed by atoms with Crippen molar-refractivity contribution < 1.29 is 13.6 Å². The lowest BCUT2D eigenvalue weighted by atomic mass is 9.75. The molecule has 0 saturated heterocycles. The van der Waals surface area contributed by atoms with Crippen molar-refractivity contribution in [3.05, 3.63) is 66.2 Å². The van der Waals surface area contributed by atoms with Crippen LogP contribution in [0, 0.1) is 17.8 Å². The molecule has 1 aliphatic rings. The monoisotopic (exact) mass is 414 g/mol. The second-order valence-electron chi connectivity index (χ2n) is 9.30. The van der Waals surface area contributed by atoms with E-state index in [4.69, 9.17) is 9.05 Å². The van der Waals surface area contributed by atoms with Gasteiger partial charge in [0.25, 0.3) is 0 Å². The molecule has 0 aromatic heterocycles. The molecule has 2 aromatic carbocycles. The summed E-state index contributed by atoms with van der Waals surface area (Å²) in [7, 11) is -3.54. The fourth-order valence-electron chi connectivity index (χ4n) is 4.31. The third kappa shape index (κ3) is 4.95. The van der Waals surface area contributed by atoms with Gasteiger partial charge >= 0.3 is 7.60 Å². The zero-order valence-corrected chi connectivity index (χ0v) is 19.3.